The Balaban J connectivity index is 1.78. The highest BCUT2D eigenvalue weighted by molar-refractivity contribution is 7.92. The lowest BCUT2D eigenvalue weighted by Crippen LogP contribution is -2.53. The number of amides is 2. The van der Waals surface area contributed by atoms with Gasteiger partial charge in [0.05, 0.1) is 10.6 Å². The Kier molecular flexibility index (Phi) is 10.4. The molecule has 0 bridgehead atoms. The minimum Gasteiger partial charge on any atom is -0.355 e. The summed E-state index contributed by atoms with van der Waals surface area (Å²) in [6.07, 6.45) is 0.257. The minimum atomic E-state index is -4.17. The fourth-order valence-corrected chi connectivity index (χ4v) is 6.23. The molecule has 0 aliphatic heterocycles. The molecule has 1 atom stereocenters. The van der Waals surface area contributed by atoms with Crippen LogP contribution in [-0.2, 0) is 32.6 Å². The van der Waals surface area contributed by atoms with Crippen LogP contribution in [0.5, 0.6) is 0 Å². The molecule has 0 saturated carbocycles. The van der Waals surface area contributed by atoms with E-state index in [1.165, 1.54) is 23.1 Å². The number of aryl methyl sites for hydroxylation is 1. The predicted molar refractivity (Wildman–Crippen MR) is 167 cm³/mol. The van der Waals surface area contributed by atoms with Crippen LogP contribution in [0.25, 0.3) is 0 Å². The van der Waals surface area contributed by atoms with Crippen LogP contribution >= 0.6 is 11.6 Å². The first-order valence-electron chi connectivity index (χ1n) is 13.7. The largest absolute Gasteiger partial charge is 0.355 e. The lowest BCUT2D eigenvalue weighted by atomic mass is 10.0. The topological polar surface area (TPSA) is 86.8 Å². The molecule has 218 valence electrons. The van der Waals surface area contributed by atoms with Gasteiger partial charge in [-0.05, 0) is 55.3 Å². The maximum absolute atomic E-state index is 14.3. The summed E-state index contributed by atoms with van der Waals surface area (Å²) < 4.78 is 28.9. The number of likely N-dealkylation sites (N-methyl/N-ethyl adjacent to an activating group) is 1. The zero-order valence-electron chi connectivity index (χ0n) is 23.6. The quantitative estimate of drug-likeness (QED) is 0.228. The van der Waals surface area contributed by atoms with Crippen LogP contribution in [-0.4, -0.2) is 44.3 Å². The van der Waals surface area contributed by atoms with Crippen molar-refractivity contribution in [1.82, 2.24) is 10.2 Å². The van der Waals surface area contributed by atoms with Crippen LogP contribution in [0, 0.1) is 6.92 Å². The van der Waals surface area contributed by atoms with E-state index in [0.29, 0.717) is 11.6 Å². The van der Waals surface area contributed by atoms with Crippen molar-refractivity contribution in [3.63, 3.8) is 0 Å². The van der Waals surface area contributed by atoms with Gasteiger partial charge in [-0.3, -0.25) is 13.9 Å². The molecule has 1 N–H and O–H groups in total. The molecule has 0 aromatic heterocycles. The first-order valence-corrected chi connectivity index (χ1v) is 15.5. The van der Waals surface area contributed by atoms with Gasteiger partial charge >= 0.3 is 0 Å². The highest BCUT2D eigenvalue weighted by atomic mass is 35.5. The van der Waals surface area contributed by atoms with Gasteiger partial charge in [0.25, 0.3) is 10.0 Å². The molecule has 9 heteroatoms. The molecule has 42 heavy (non-hydrogen) atoms. The summed E-state index contributed by atoms with van der Waals surface area (Å²) >= 11 is 6.25. The molecule has 0 aliphatic carbocycles. The van der Waals surface area contributed by atoms with Crippen molar-refractivity contribution in [3.8, 4) is 0 Å². The lowest BCUT2D eigenvalue weighted by Gasteiger charge is -2.34. The van der Waals surface area contributed by atoms with Gasteiger partial charge in [0.15, 0.2) is 0 Å². The molecule has 0 spiro atoms. The van der Waals surface area contributed by atoms with Crippen LogP contribution in [0.2, 0.25) is 5.02 Å². The molecule has 4 rings (SSSR count). The van der Waals surface area contributed by atoms with Gasteiger partial charge in [0, 0.05) is 24.5 Å². The van der Waals surface area contributed by atoms with Crippen molar-refractivity contribution >= 4 is 39.1 Å². The van der Waals surface area contributed by atoms with Crippen molar-refractivity contribution in [1.29, 1.82) is 0 Å². The van der Waals surface area contributed by atoms with Gasteiger partial charge in [-0.25, -0.2) is 8.42 Å². The predicted octanol–water partition coefficient (Wildman–Crippen LogP) is 5.62. The van der Waals surface area contributed by atoms with Crippen LogP contribution in [0.4, 0.5) is 5.69 Å². The Labute approximate surface area is 252 Å². The second kappa shape index (κ2) is 14.2. The molecular formula is C33H34ClN3O4S. The van der Waals surface area contributed by atoms with Crippen LogP contribution in [0.15, 0.2) is 114 Å². The van der Waals surface area contributed by atoms with Crippen molar-refractivity contribution in [2.45, 2.75) is 37.8 Å². The molecule has 0 radical (unpaired) electrons. The third-order valence-corrected chi connectivity index (χ3v) is 8.83. The van der Waals surface area contributed by atoms with Gasteiger partial charge in [0.1, 0.15) is 12.6 Å². The first-order chi connectivity index (χ1) is 20.2. The normalized spacial score (nSPS) is 11.9. The number of halogens is 1. The third-order valence-electron chi connectivity index (χ3n) is 6.80. The summed E-state index contributed by atoms with van der Waals surface area (Å²) in [5, 5.41) is 3.19. The molecule has 4 aromatic rings. The number of carbonyl (C=O) groups excluding carboxylic acids is 2. The van der Waals surface area contributed by atoms with Crippen molar-refractivity contribution < 1.29 is 18.0 Å². The molecule has 2 amide bonds. The van der Waals surface area contributed by atoms with E-state index < -0.39 is 28.5 Å². The smallest absolute Gasteiger partial charge is 0.264 e. The summed E-state index contributed by atoms with van der Waals surface area (Å²) in [7, 11) is -4.17. The van der Waals surface area contributed by atoms with Crippen LogP contribution < -0.4 is 9.62 Å². The van der Waals surface area contributed by atoms with E-state index in [1.54, 1.807) is 36.4 Å². The van der Waals surface area contributed by atoms with E-state index in [0.717, 1.165) is 21.0 Å². The van der Waals surface area contributed by atoms with Gasteiger partial charge in [-0.1, -0.05) is 96.0 Å². The second-order valence-electron chi connectivity index (χ2n) is 9.91. The molecule has 0 fully saturated rings. The van der Waals surface area contributed by atoms with Gasteiger partial charge < -0.3 is 10.2 Å². The van der Waals surface area contributed by atoms with E-state index in [-0.39, 0.29) is 29.5 Å². The number of carbonyl (C=O) groups is 2. The Morgan fingerprint density at radius 1 is 0.833 bits per heavy atom. The molecule has 0 saturated heterocycles. The number of benzene rings is 4. The SMILES string of the molecule is CCNC(=O)C(Cc1ccccc1)N(Cc1ccc(C)cc1)C(=O)CN(c1cccc(Cl)c1)S(=O)(=O)c1ccccc1. The maximum Gasteiger partial charge on any atom is 0.264 e. The number of sulfonamides is 1. The number of hydrogen-bond acceptors (Lipinski definition) is 4. The highest BCUT2D eigenvalue weighted by Gasteiger charge is 2.34. The van der Waals surface area contributed by atoms with Gasteiger partial charge in [-0.2, -0.15) is 0 Å². The lowest BCUT2D eigenvalue weighted by molar-refractivity contribution is -0.140. The summed E-state index contributed by atoms with van der Waals surface area (Å²) in [6, 6.07) is 30.5. The van der Waals surface area contributed by atoms with Crippen LogP contribution in [0.3, 0.4) is 0 Å². The average Bonchev–Trinajstić information content (AvgIpc) is 2.99. The Morgan fingerprint density at radius 2 is 1.48 bits per heavy atom. The van der Waals surface area contributed by atoms with Crippen molar-refractivity contribution in [3.05, 3.63) is 131 Å². The Morgan fingerprint density at radius 3 is 2.10 bits per heavy atom. The second-order valence-corrected chi connectivity index (χ2v) is 12.2. The third kappa shape index (κ3) is 7.78. The first kappa shape index (κ1) is 30.8. The number of anilines is 1. The van der Waals surface area contributed by atoms with E-state index in [9.17, 15) is 18.0 Å². The van der Waals surface area contributed by atoms with Gasteiger partial charge in [-0.15, -0.1) is 0 Å². The standard InChI is InChI=1S/C33H34ClN3O4S/c1-3-35-33(39)31(21-26-11-6-4-7-12-26)36(23-27-19-17-25(2)18-20-27)32(38)24-37(29-14-10-13-28(34)22-29)42(40,41)30-15-8-5-9-16-30/h4-20,22,31H,3,21,23-24H2,1-2H3,(H,35,39). The molecule has 0 aliphatic rings. The fraction of sp³-hybridized carbons (Fsp3) is 0.212. The van der Waals surface area contributed by atoms with Crippen molar-refractivity contribution in [2.75, 3.05) is 17.4 Å². The molecule has 7 nitrogen and oxygen atoms in total. The summed E-state index contributed by atoms with van der Waals surface area (Å²) in [5.74, 6) is -0.843. The number of rotatable bonds is 12. The average molecular weight is 604 g/mol. The number of nitrogens with one attached hydrogen (secondary N) is 1. The fourth-order valence-electron chi connectivity index (χ4n) is 4.62. The summed E-state index contributed by atoms with van der Waals surface area (Å²) in [6.45, 7) is 3.75. The summed E-state index contributed by atoms with van der Waals surface area (Å²) in [4.78, 5) is 29.3. The monoisotopic (exact) mass is 603 g/mol. The van der Waals surface area contributed by atoms with Crippen molar-refractivity contribution in [2.24, 2.45) is 0 Å². The van der Waals surface area contributed by atoms with E-state index in [1.807, 2.05) is 68.4 Å². The summed E-state index contributed by atoms with van der Waals surface area (Å²) in [5.41, 5.74) is 2.99. The maximum atomic E-state index is 14.3. The molecular weight excluding hydrogens is 570 g/mol. The Bertz CT molecular complexity index is 1600. The van der Waals surface area contributed by atoms with Gasteiger partial charge in [0.2, 0.25) is 11.8 Å². The highest BCUT2D eigenvalue weighted by Crippen LogP contribution is 2.27. The molecule has 0 heterocycles. The minimum absolute atomic E-state index is 0.0346. The van der Waals surface area contributed by atoms with E-state index in [4.69, 9.17) is 11.6 Å². The number of nitrogens with zero attached hydrogens (tertiary/aromatic N) is 2. The zero-order chi connectivity index (χ0) is 30.1. The Hall–Kier alpha value is -4.14. The van der Waals surface area contributed by atoms with E-state index in [2.05, 4.69) is 5.32 Å². The zero-order valence-corrected chi connectivity index (χ0v) is 25.2. The molecule has 1 unspecified atom stereocenters. The van der Waals surface area contributed by atoms with E-state index >= 15 is 0 Å². The number of hydrogen-bond donors (Lipinski definition) is 1. The van der Waals surface area contributed by atoms with Crippen LogP contribution in [0.1, 0.15) is 23.6 Å². The molecule has 4 aromatic carbocycles.